The summed E-state index contributed by atoms with van der Waals surface area (Å²) in [5.41, 5.74) is -1.66. The number of anilines is 1. The highest BCUT2D eigenvalue weighted by molar-refractivity contribution is 6.09. The molecule has 2 aromatic rings. The molecule has 136 valence electrons. The minimum Gasteiger partial charge on any atom is -0.507 e. The molecule has 0 radical (unpaired) electrons. The minimum absolute atomic E-state index is 0.0264. The lowest BCUT2D eigenvalue weighted by atomic mass is 9.85. The first kappa shape index (κ1) is 16.3. The Bertz CT molecular complexity index is 911. The molecule has 0 aliphatic carbocycles. The number of hydrogen-bond acceptors (Lipinski definition) is 7. The summed E-state index contributed by atoms with van der Waals surface area (Å²) < 4.78 is 21.5. The van der Waals surface area contributed by atoms with E-state index in [1.165, 1.54) is 26.4 Å². The molecular formula is C18H17NO7. The maximum atomic E-state index is 12.7. The van der Waals surface area contributed by atoms with E-state index in [4.69, 9.17) is 18.9 Å². The lowest BCUT2D eigenvalue weighted by Gasteiger charge is -2.26. The molecule has 1 amide bonds. The number of carbonyl (C=O) groups excluding carboxylic acids is 1. The zero-order valence-electron chi connectivity index (χ0n) is 14.2. The molecule has 0 saturated carbocycles. The van der Waals surface area contributed by atoms with E-state index in [1.54, 1.807) is 12.1 Å². The summed E-state index contributed by atoms with van der Waals surface area (Å²) in [6, 6.07) is 5.85. The summed E-state index contributed by atoms with van der Waals surface area (Å²) in [5, 5.41) is 24.4. The number of ether oxygens (including phenoxy) is 4. The number of aromatic hydroxyl groups is 1. The van der Waals surface area contributed by atoms with Gasteiger partial charge in [-0.2, -0.15) is 0 Å². The fraction of sp³-hybridized carbons (Fsp3) is 0.278. The van der Waals surface area contributed by atoms with E-state index >= 15 is 0 Å². The van der Waals surface area contributed by atoms with E-state index in [0.29, 0.717) is 36.1 Å². The van der Waals surface area contributed by atoms with Crippen molar-refractivity contribution in [1.29, 1.82) is 0 Å². The van der Waals surface area contributed by atoms with Gasteiger partial charge >= 0.3 is 0 Å². The van der Waals surface area contributed by atoms with Crippen LogP contribution in [0.1, 0.15) is 11.1 Å². The van der Waals surface area contributed by atoms with Gasteiger partial charge in [-0.25, -0.2) is 0 Å². The zero-order valence-corrected chi connectivity index (χ0v) is 14.2. The van der Waals surface area contributed by atoms with Crippen LogP contribution < -0.4 is 24.3 Å². The van der Waals surface area contributed by atoms with Crippen molar-refractivity contribution in [2.45, 2.75) is 5.60 Å². The van der Waals surface area contributed by atoms with Gasteiger partial charge in [0.2, 0.25) is 5.60 Å². The molecule has 2 aromatic carbocycles. The van der Waals surface area contributed by atoms with E-state index in [2.05, 4.69) is 5.32 Å². The number of carbonyl (C=O) groups is 1. The smallest absolute Gasteiger partial charge is 0.266 e. The van der Waals surface area contributed by atoms with Gasteiger partial charge in [0.25, 0.3) is 5.91 Å². The molecule has 3 N–H and O–H groups in total. The van der Waals surface area contributed by atoms with Gasteiger partial charge in [-0.1, -0.05) is 0 Å². The molecule has 4 rings (SSSR count). The van der Waals surface area contributed by atoms with Gasteiger partial charge in [-0.3, -0.25) is 4.79 Å². The third-order valence-electron chi connectivity index (χ3n) is 4.52. The number of amides is 1. The van der Waals surface area contributed by atoms with Crippen LogP contribution in [0, 0.1) is 0 Å². The van der Waals surface area contributed by atoms with Crippen LogP contribution in [0.5, 0.6) is 28.7 Å². The number of phenols is 1. The summed E-state index contributed by atoms with van der Waals surface area (Å²) in [4.78, 5) is 12.7. The summed E-state index contributed by atoms with van der Waals surface area (Å²) in [7, 11) is 2.90. The first-order valence-corrected chi connectivity index (χ1v) is 7.92. The molecule has 2 heterocycles. The fourth-order valence-electron chi connectivity index (χ4n) is 3.29. The third kappa shape index (κ3) is 2.15. The normalized spacial score (nSPS) is 20.3. The summed E-state index contributed by atoms with van der Waals surface area (Å²) in [6.45, 7) is 0.686. The molecule has 1 unspecified atom stereocenters. The van der Waals surface area contributed by atoms with E-state index in [0.717, 1.165) is 0 Å². The highest BCUT2D eigenvalue weighted by Crippen LogP contribution is 2.51. The molecule has 8 heteroatoms. The van der Waals surface area contributed by atoms with Gasteiger partial charge in [-0.15, -0.1) is 0 Å². The second-order valence-corrected chi connectivity index (χ2v) is 5.93. The molecule has 8 nitrogen and oxygen atoms in total. The van der Waals surface area contributed by atoms with Crippen LogP contribution in [0.4, 0.5) is 5.69 Å². The number of fused-ring (bicyclic) bond motifs is 2. The number of hydrogen-bond donors (Lipinski definition) is 3. The third-order valence-corrected chi connectivity index (χ3v) is 4.52. The van der Waals surface area contributed by atoms with Gasteiger partial charge in [0, 0.05) is 23.8 Å². The Labute approximate surface area is 148 Å². The quantitative estimate of drug-likeness (QED) is 0.760. The maximum absolute atomic E-state index is 12.7. The fourth-order valence-corrected chi connectivity index (χ4v) is 3.29. The van der Waals surface area contributed by atoms with Crippen molar-refractivity contribution in [3.63, 3.8) is 0 Å². The molecule has 0 aromatic heterocycles. The van der Waals surface area contributed by atoms with E-state index in [9.17, 15) is 15.0 Å². The van der Waals surface area contributed by atoms with E-state index in [-0.39, 0.29) is 22.6 Å². The largest absolute Gasteiger partial charge is 0.507 e. The van der Waals surface area contributed by atoms with Crippen molar-refractivity contribution in [1.82, 2.24) is 0 Å². The Morgan fingerprint density at radius 2 is 1.77 bits per heavy atom. The van der Waals surface area contributed by atoms with Crippen molar-refractivity contribution in [2.24, 2.45) is 0 Å². The first-order valence-electron chi connectivity index (χ1n) is 7.92. The Morgan fingerprint density at radius 1 is 1.08 bits per heavy atom. The molecule has 0 spiro atoms. The number of aliphatic hydroxyl groups is 1. The zero-order chi connectivity index (χ0) is 18.5. The van der Waals surface area contributed by atoms with E-state index < -0.39 is 11.5 Å². The minimum atomic E-state index is -2.16. The Morgan fingerprint density at radius 3 is 2.42 bits per heavy atom. The maximum Gasteiger partial charge on any atom is 0.266 e. The molecule has 2 aliphatic heterocycles. The Balaban J connectivity index is 1.95. The number of phenolic OH excluding ortho intramolecular Hbond substituents is 1. The van der Waals surface area contributed by atoms with Crippen LogP contribution in [0.25, 0.3) is 0 Å². The van der Waals surface area contributed by atoms with Crippen LogP contribution in [-0.4, -0.2) is 43.6 Å². The molecule has 1 atom stereocenters. The van der Waals surface area contributed by atoms with Crippen LogP contribution >= 0.6 is 0 Å². The van der Waals surface area contributed by atoms with Gasteiger partial charge in [-0.05, 0) is 6.07 Å². The van der Waals surface area contributed by atoms with Crippen molar-refractivity contribution >= 4 is 11.6 Å². The number of rotatable bonds is 3. The predicted octanol–water partition coefficient (Wildman–Crippen LogP) is 1.37. The number of nitrogens with one attached hydrogen (secondary N) is 1. The monoisotopic (exact) mass is 359 g/mol. The molecule has 0 saturated heterocycles. The SMILES string of the molecule is COc1cc2c(c(OC)c1)C(O)(c1cc3c(cc1O)OCCO3)C(=O)N2. The average Bonchev–Trinajstić information content (AvgIpc) is 2.91. The number of benzene rings is 2. The number of methoxy groups -OCH3 is 2. The van der Waals surface area contributed by atoms with Crippen LogP contribution in [0.2, 0.25) is 0 Å². The highest BCUT2D eigenvalue weighted by atomic mass is 16.6. The van der Waals surface area contributed by atoms with Crippen molar-refractivity contribution in [3.8, 4) is 28.7 Å². The molecule has 2 aliphatic rings. The van der Waals surface area contributed by atoms with Gasteiger partial charge in [0.15, 0.2) is 11.5 Å². The molecular weight excluding hydrogens is 342 g/mol. The van der Waals surface area contributed by atoms with E-state index in [1.807, 2.05) is 0 Å². The standard InChI is InChI=1S/C18H17NO7/c1-23-9-5-11-16(15(6-9)24-2)18(22,17(21)19-11)10-7-13-14(8-12(10)20)26-4-3-25-13/h5-8,20,22H,3-4H2,1-2H3,(H,19,21). The summed E-state index contributed by atoms with van der Waals surface area (Å²) >= 11 is 0. The topological polar surface area (TPSA) is 106 Å². The van der Waals surface area contributed by atoms with Crippen LogP contribution in [-0.2, 0) is 10.4 Å². The van der Waals surface area contributed by atoms with Gasteiger partial charge < -0.3 is 34.5 Å². The second-order valence-electron chi connectivity index (χ2n) is 5.93. The van der Waals surface area contributed by atoms with Crippen molar-refractivity contribution in [3.05, 3.63) is 35.4 Å². The molecule has 0 fully saturated rings. The van der Waals surface area contributed by atoms with Gasteiger partial charge in [0.1, 0.15) is 30.5 Å². The second kappa shape index (κ2) is 5.70. The van der Waals surface area contributed by atoms with Crippen LogP contribution in [0.15, 0.2) is 24.3 Å². The Kier molecular flexibility index (Phi) is 3.58. The van der Waals surface area contributed by atoms with Gasteiger partial charge in [0.05, 0.1) is 25.5 Å². The van der Waals surface area contributed by atoms with Crippen LogP contribution in [0.3, 0.4) is 0 Å². The lowest BCUT2D eigenvalue weighted by molar-refractivity contribution is -0.129. The first-order chi connectivity index (χ1) is 12.5. The lowest BCUT2D eigenvalue weighted by Crippen LogP contribution is -2.36. The Hall–Kier alpha value is -3.13. The molecule has 26 heavy (non-hydrogen) atoms. The predicted molar refractivity (Wildman–Crippen MR) is 90.3 cm³/mol. The summed E-state index contributed by atoms with van der Waals surface area (Å²) in [6.07, 6.45) is 0. The van der Waals surface area contributed by atoms with Crippen molar-refractivity contribution < 1.29 is 34.0 Å². The highest BCUT2D eigenvalue weighted by Gasteiger charge is 2.51. The van der Waals surface area contributed by atoms with Crippen molar-refractivity contribution in [2.75, 3.05) is 32.8 Å². The molecule has 0 bridgehead atoms. The summed E-state index contributed by atoms with van der Waals surface area (Å²) in [5.74, 6) is 0.377. The average molecular weight is 359 g/mol.